The number of ether oxygens (including phenoxy) is 2. The van der Waals surface area contributed by atoms with Crippen LogP contribution in [0.5, 0.6) is 5.75 Å². The molecule has 2 unspecified atom stereocenters. The van der Waals surface area contributed by atoms with Gasteiger partial charge in [0, 0.05) is 25.0 Å². The van der Waals surface area contributed by atoms with Gasteiger partial charge in [0.1, 0.15) is 18.5 Å². The van der Waals surface area contributed by atoms with Crippen LogP contribution in [0.4, 0.5) is 8.78 Å². The van der Waals surface area contributed by atoms with Crippen molar-refractivity contribution in [1.82, 2.24) is 0 Å². The molecule has 1 aromatic carbocycles. The predicted octanol–water partition coefficient (Wildman–Crippen LogP) is 4.33. The van der Waals surface area contributed by atoms with E-state index in [1.165, 1.54) is 6.08 Å². The van der Waals surface area contributed by atoms with Gasteiger partial charge in [-0.05, 0) is 56.1 Å². The van der Waals surface area contributed by atoms with Gasteiger partial charge < -0.3 is 24.8 Å². The van der Waals surface area contributed by atoms with Gasteiger partial charge in [-0.3, -0.25) is 4.79 Å². The van der Waals surface area contributed by atoms with Gasteiger partial charge in [0.05, 0.1) is 18.1 Å². The van der Waals surface area contributed by atoms with E-state index in [4.69, 9.17) is 9.47 Å². The number of benzene rings is 1. The van der Waals surface area contributed by atoms with Crippen LogP contribution in [0.15, 0.2) is 30.4 Å². The normalized spacial score (nSPS) is 28.9. The number of aliphatic hydroxyl groups excluding tert-OH is 2. The first-order chi connectivity index (χ1) is 16.3. The minimum atomic E-state index is -1.04. The van der Waals surface area contributed by atoms with Crippen LogP contribution < -0.4 is 4.74 Å². The van der Waals surface area contributed by atoms with Gasteiger partial charge in [-0.15, -0.1) is 0 Å². The number of aliphatic carboxylic acids is 1. The first kappa shape index (κ1) is 26.6. The van der Waals surface area contributed by atoms with Crippen molar-refractivity contribution in [2.24, 2.45) is 23.7 Å². The zero-order valence-corrected chi connectivity index (χ0v) is 19.6. The highest BCUT2D eigenvalue weighted by Crippen LogP contribution is 2.42. The molecule has 0 amide bonds. The summed E-state index contributed by atoms with van der Waals surface area (Å²) in [5.74, 6) is -2.42. The highest BCUT2D eigenvalue weighted by molar-refractivity contribution is 5.69. The molecule has 3 rings (SSSR count). The summed E-state index contributed by atoms with van der Waals surface area (Å²) in [5.41, 5.74) is 0. The number of carboxylic acids is 1. The molecular formula is C26H36F2O6. The SMILES string of the molecule is CCCC(CCC1CC[C@@H]2[C@@H](/C=C/[C@@H](O)COc3cc(F)ccc3F)[C@H](O)C[C@H]2OC1)C(=O)O. The van der Waals surface area contributed by atoms with Gasteiger partial charge in [-0.1, -0.05) is 25.5 Å². The maximum atomic E-state index is 13.7. The van der Waals surface area contributed by atoms with Gasteiger partial charge >= 0.3 is 5.97 Å². The Morgan fingerprint density at radius 3 is 2.82 bits per heavy atom. The van der Waals surface area contributed by atoms with Crippen LogP contribution in [-0.2, 0) is 9.53 Å². The van der Waals surface area contributed by atoms with Crippen LogP contribution in [0.3, 0.4) is 0 Å². The molecule has 0 spiro atoms. The summed E-state index contributed by atoms with van der Waals surface area (Å²) >= 11 is 0. The lowest BCUT2D eigenvalue weighted by molar-refractivity contribution is -0.142. The van der Waals surface area contributed by atoms with Crippen molar-refractivity contribution >= 4 is 5.97 Å². The highest BCUT2D eigenvalue weighted by Gasteiger charge is 2.43. The summed E-state index contributed by atoms with van der Waals surface area (Å²) in [6.45, 7) is 2.32. The van der Waals surface area contributed by atoms with E-state index in [-0.39, 0.29) is 36.2 Å². The average molecular weight is 483 g/mol. The molecule has 1 heterocycles. The third kappa shape index (κ3) is 7.23. The Bertz CT molecular complexity index is 832. The van der Waals surface area contributed by atoms with Crippen molar-refractivity contribution in [3.05, 3.63) is 42.0 Å². The molecule has 1 aliphatic carbocycles. The molecule has 0 aromatic heterocycles. The molecule has 1 saturated carbocycles. The minimum Gasteiger partial charge on any atom is -0.487 e. The quantitative estimate of drug-likeness (QED) is 0.406. The summed E-state index contributed by atoms with van der Waals surface area (Å²) in [5, 5.41) is 30.2. The lowest BCUT2D eigenvalue weighted by atomic mass is 9.85. The molecule has 2 aliphatic rings. The summed E-state index contributed by atoms with van der Waals surface area (Å²) in [4.78, 5) is 11.4. The second-order valence-electron chi connectivity index (χ2n) is 9.60. The predicted molar refractivity (Wildman–Crippen MR) is 122 cm³/mol. The number of halogens is 2. The van der Waals surface area contributed by atoms with Crippen molar-refractivity contribution in [2.75, 3.05) is 13.2 Å². The van der Waals surface area contributed by atoms with Crippen molar-refractivity contribution in [3.63, 3.8) is 0 Å². The number of carboxylic acid groups (broad SMARTS) is 1. The van der Waals surface area contributed by atoms with Crippen LogP contribution in [0.2, 0.25) is 0 Å². The fourth-order valence-electron chi connectivity index (χ4n) is 5.19. The topological polar surface area (TPSA) is 96.2 Å². The van der Waals surface area contributed by atoms with Crippen molar-refractivity contribution < 1.29 is 38.4 Å². The Kier molecular flexibility index (Phi) is 9.85. The van der Waals surface area contributed by atoms with Crippen LogP contribution >= 0.6 is 0 Å². The Hall–Kier alpha value is -2.03. The molecule has 1 saturated heterocycles. The third-order valence-electron chi connectivity index (χ3n) is 7.11. The van der Waals surface area contributed by atoms with Gasteiger partial charge in [-0.25, -0.2) is 8.78 Å². The standard InChI is InChI=1S/C26H36F2O6/c1-2-3-17(26(31)32)6-4-16-5-9-21-20(23(30)13-24(21)33-14-16)10-8-19(29)15-34-25-12-18(27)7-11-22(25)28/h7-8,10-12,16-17,19-21,23-24,29-30H,2-6,9,13-15H2,1H3,(H,31,32)/b10-8+/t16?,17?,19-,20-,21-,23-,24-/m1/s1. The summed E-state index contributed by atoms with van der Waals surface area (Å²) < 4.78 is 38.2. The zero-order chi connectivity index (χ0) is 24.7. The maximum Gasteiger partial charge on any atom is 0.306 e. The average Bonchev–Trinajstić information content (AvgIpc) is 2.96. The van der Waals surface area contributed by atoms with E-state index in [2.05, 4.69) is 0 Å². The molecule has 6 nitrogen and oxygen atoms in total. The number of rotatable bonds is 11. The van der Waals surface area contributed by atoms with Crippen LogP contribution in [0, 0.1) is 35.3 Å². The fourth-order valence-corrected chi connectivity index (χ4v) is 5.19. The van der Waals surface area contributed by atoms with E-state index in [0.29, 0.717) is 31.8 Å². The lowest BCUT2D eigenvalue weighted by Gasteiger charge is -2.21. The van der Waals surface area contributed by atoms with Gasteiger partial charge in [0.25, 0.3) is 0 Å². The minimum absolute atomic E-state index is 0.0738. The second-order valence-corrected chi connectivity index (χ2v) is 9.60. The molecule has 2 fully saturated rings. The summed E-state index contributed by atoms with van der Waals surface area (Å²) in [6.07, 6.45) is 6.87. The Balaban J connectivity index is 1.51. The molecule has 8 heteroatoms. The van der Waals surface area contributed by atoms with Crippen LogP contribution in [0.1, 0.15) is 51.9 Å². The van der Waals surface area contributed by atoms with E-state index in [1.807, 2.05) is 6.92 Å². The second kappa shape index (κ2) is 12.6. The summed E-state index contributed by atoms with van der Waals surface area (Å²) in [6, 6.07) is 2.88. The summed E-state index contributed by atoms with van der Waals surface area (Å²) in [7, 11) is 0. The number of carbonyl (C=O) groups is 1. The number of aliphatic hydroxyl groups is 2. The molecule has 1 aromatic rings. The molecule has 7 atom stereocenters. The molecule has 1 aliphatic heterocycles. The largest absolute Gasteiger partial charge is 0.487 e. The van der Waals surface area contributed by atoms with E-state index in [9.17, 15) is 28.9 Å². The van der Waals surface area contributed by atoms with Gasteiger partial charge in [0.2, 0.25) is 0 Å². The van der Waals surface area contributed by atoms with Crippen LogP contribution in [0.25, 0.3) is 0 Å². The first-order valence-electron chi connectivity index (χ1n) is 12.2. The van der Waals surface area contributed by atoms with E-state index >= 15 is 0 Å². The lowest BCUT2D eigenvalue weighted by Crippen LogP contribution is -2.22. The Labute approximate surface area is 199 Å². The van der Waals surface area contributed by atoms with E-state index in [1.54, 1.807) is 6.08 Å². The van der Waals surface area contributed by atoms with Gasteiger partial charge in [0.15, 0.2) is 11.6 Å². The number of fused-ring (bicyclic) bond motifs is 1. The van der Waals surface area contributed by atoms with Crippen molar-refractivity contribution in [2.45, 2.75) is 70.2 Å². The monoisotopic (exact) mass is 482 g/mol. The van der Waals surface area contributed by atoms with E-state index in [0.717, 1.165) is 43.9 Å². The molecule has 34 heavy (non-hydrogen) atoms. The number of hydrogen-bond acceptors (Lipinski definition) is 5. The van der Waals surface area contributed by atoms with Gasteiger partial charge in [-0.2, -0.15) is 0 Å². The molecule has 190 valence electrons. The molecule has 0 bridgehead atoms. The number of hydrogen-bond donors (Lipinski definition) is 3. The molecular weight excluding hydrogens is 446 g/mol. The van der Waals surface area contributed by atoms with Crippen molar-refractivity contribution in [3.8, 4) is 5.75 Å². The third-order valence-corrected chi connectivity index (χ3v) is 7.11. The highest BCUT2D eigenvalue weighted by atomic mass is 19.1. The zero-order valence-electron chi connectivity index (χ0n) is 19.6. The van der Waals surface area contributed by atoms with E-state index < -0.39 is 29.8 Å². The fraction of sp³-hybridized carbons (Fsp3) is 0.654. The van der Waals surface area contributed by atoms with Crippen LogP contribution in [-0.4, -0.2) is 52.8 Å². The molecule has 3 N–H and O–H groups in total. The molecule has 0 radical (unpaired) electrons. The smallest absolute Gasteiger partial charge is 0.306 e. The Morgan fingerprint density at radius 1 is 1.29 bits per heavy atom. The Morgan fingerprint density at radius 2 is 2.09 bits per heavy atom. The maximum absolute atomic E-state index is 13.7. The first-order valence-corrected chi connectivity index (χ1v) is 12.2. The van der Waals surface area contributed by atoms with Crippen molar-refractivity contribution in [1.29, 1.82) is 0 Å².